The van der Waals surface area contributed by atoms with Gasteiger partial charge in [0.15, 0.2) is 6.10 Å². The Morgan fingerprint density at radius 3 is 2.46 bits per heavy atom. The van der Waals surface area contributed by atoms with Gasteiger partial charge in [-0.3, -0.25) is 4.79 Å². The van der Waals surface area contributed by atoms with E-state index in [9.17, 15) is 18.0 Å². The maximum atomic E-state index is 13.2. The van der Waals surface area contributed by atoms with E-state index < -0.39 is 23.8 Å². The number of hydrogen-bond donors (Lipinski definition) is 1. The lowest BCUT2D eigenvalue weighted by Crippen LogP contribution is -2.37. The van der Waals surface area contributed by atoms with Crippen molar-refractivity contribution >= 4 is 17.3 Å². The highest BCUT2D eigenvalue weighted by Crippen LogP contribution is 2.36. The molecular weight excluding hydrogens is 373 g/mol. The second kappa shape index (κ2) is 8.52. The fraction of sp³-hybridized carbons (Fsp3) is 0.350. The molecule has 2 aromatic rings. The number of ether oxygens (including phenoxy) is 2. The second-order valence-corrected chi connectivity index (χ2v) is 6.39. The molecule has 1 saturated heterocycles. The molecule has 1 amide bonds. The minimum absolute atomic E-state index is 0.102. The molecule has 1 N–H and O–H groups in total. The lowest BCUT2D eigenvalue weighted by Gasteiger charge is -2.31. The number of morpholine rings is 1. The Balaban J connectivity index is 1.82. The molecule has 28 heavy (non-hydrogen) atoms. The molecular formula is C20H21F3N2O3. The normalized spacial score (nSPS) is 15.8. The van der Waals surface area contributed by atoms with Crippen LogP contribution in [0.3, 0.4) is 0 Å². The van der Waals surface area contributed by atoms with Gasteiger partial charge in [0.2, 0.25) is 0 Å². The maximum absolute atomic E-state index is 13.2. The Kier molecular flexibility index (Phi) is 6.08. The molecule has 0 aliphatic carbocycles. The fourth-order valence-corrected chi connectivity index (χ4v) is 2.88. The first-order valence-corrected chi connectivity index (χ1v) is 8.91. The van der Waals surface area contributed by atoms with Gasteiger partial charge < -0.3 is 19.7 Å². The van der Waals surface area contributed by atoms with Gasteiger partial charge in [0.05, 0.1) is 30.2 Å². The standard InChI is InChI=1S/C20H21F3N2O3/c1-14(28-16-5-3-2-4-6-16)19(26)24-17-13-15(20(21,22)23)7-8-18(17)25-9-11-27-12-10-25/h2-8,13-14H,9-12H2,1H3,(H,24,26). The molecule has 1 atom stereocenters. The van der Waals surface area contributed by atoms with Crippen molar-refractivity contribution in [3.63, 3.8) is 0 Å². The van der Waals surface area contributed by atoms with E-state index in [-0.39, 0.29) is 5.69 Å². The van der Waals surface area contributed by atoms with E-state index in [2.05, 4.69) is 5.32 Å². The van der Waals surface area contributed by atoms with Gasteiger partial charge in [-0.25, -0.2) is 0 Å². The monoisotopic (exact) mass is 394 g/mol. The van der Waals surface area contributed by atoms with Crippen molar-refractivity contribution in [3.05, 3.63) is 54.1 Å². The lowest BCUT2D eigenvalue weighted by atomic mass is 10.1. The van der Waals surface area contributed by atoms with E-state index in [1.165, 1.54) is 6.07 Å². The van der Waals surface area contributed by atoms with Crippen LogP contribution in [-0.2, 0) is 15.7 Å². The van der Waals surface area contributed by atoms with Gasteiger partial charge in [0.1, 0.15) is 5.75 Å². The minimum atomic E-state index is -4.50. The zero-order chi connectivity index (χ0) is 20.1. The number of hydrogen-bond acceptors (Lipinski definition) is 4. The summed E-state index contributed by atoms with van der Waals surface area (Å²) >= 11 is 0. The van der Waals surface area contributed by atoms with Crippen LogP contribution in [-0.4, -0.2) is 38.3 Å². The highest BCUT2D eigenvalue weighted by atomic mass is 19.4. The number of anilines is 2. The predicted molar refractivity (Wildman–Crippen MR) is 99.6 cm³/mol. The highest BCUT2D eigenvalue weighted by molar-refractivity contribution is 5.97. The first-order chi connectivity index (χ1) is 13.3. The Hall–Kier alpha value is -2.74. The maximum Gasteiger partial charge on any atom is 0.416 e. The average Bonchev–Trinajstić information content (AvgIpc) is 2.68. The molecule has 1 unspecified atom stereocenters. The van der Waals surface area contributed by atoms with Crippen molar-refractivity contribution in [1.29, 1.82) is 0 Å². The van der Waals surface area contributed by atoms with Crippen LogP contribution < -0.4 is 15.0 Å². The zero-order valence-corrected chi connectivity index (χ0v) is 15.3. The number of halogens is 3. The van der Waals surface area contributed by atoms with Crippen LogP contribution in [0.1, 0.15) is 12.5 Å². The van der Waals surface area contributed by atoms with Gasteiger partial charge >= 0.3 is 6.18 Å². The van der Waals surface area contributed by atoms with Crippen LogP contribution >= 0.6 is 0 Å². The molecule has 1 heterocycles. The molecule has 5 nitrogen and oxygen atoms in total. The molecule has 3 rings (SSSR count). The second-order valence-electron chi connectivity index (χ2n) is 6.39. The summed E-state index contributed by atoms with van der Waals surface area (Å²) in [5.41, 5.74) is -0.196. The summed E-state index contributed by atoms with van der Waals surface area (Å²) in [4.78, 5) is 14.4. The Morgan fingerprint density at radius 1 is 1.14 bits per heavy atom. The molecule has 0 bridgehead atoms. The summed E-state index contributed by atoms with van der Waals surface area (Å²) in [6, 6.07) is 12.1. The number of carbonyl (C=O) groups excluding carboxylic acids is 1. The summed E-state index contributed by atoms with van der Waals surface area (Å²) in [6.45, 7) is 3.56. The predicted octanol–water partition coefficient (Wildman–Crippen LogP) is 3.95. The summed E-state index contributed by atoms with van der Waals surface area (Å²) in [5, 5.41) is 2.59. The summed E-state index contributed by atoms with van der Waals surface area (Å²) < 4.78 is 50.3. The number of nitrogens with one attached hydrogen (secondary N) is 1. The highest BCUT2D eigenvalue weighted by Gasteiger charge is 2.32. The van der Waals surface area contributed by atoms with Crippen LogP contribution in [0, 0.1) is 0 Å². The van der Waals surface area contributed by atoms with Gasteiger partial charge in [-0.05, 0) is 37.3 Å². The van der Waals surface area contributed by atoms with Gasteiger partial charge in [-0.15, -0.1) is 0 Å². The molecule has 1 aliphatic heterocycles. The van der Waals surface area contributed by atoms with Gasteiger partial charge in [0.25, 0.3) is 5.91 Å². The van der Waals surface area contributed by atoms with Crippen molar-refractivity contribution in [2.45, 2.75) is 19.2 Å². The Morgan fingerprint density at radius 2 is 1.82 bits per heavy atom. The zero-order valence-electron chi connectivity index (χ0n) is 15.3. The van der Waals surface area contributed by atoms with Crippen LogP contribution in [0.15, 0.2) is 48.5 Å². The van der Waals surface area contributed by atoms with Crippen LogP contribution in [0.2, 0.25) is 0 Å². The van der Waals surface area contributed by atoms with E-state index in [0.717, 1.165) is 12.1 Å². The van der Waals surface area contributed by atoms with E-state index in [1.54, 1.807) is 31.2 Å². The van der Waals surface area contributed by atoms with Gasteiger partial charge in [-0.2, -0.15) is 13.2 Å². The third-order valence-corrected chi connectivity index (χ3v) is 4.36. The fourth-order valence-electron chi connectivity index (χ4n) is 2.88. The van der Waals surface area contributed by atoms with Crippen LogP contribution in [0.5, 0.6) is 5.75 Å². The third kappa shape index (κ3) is 4.95. The van der Waals surface area contributed by atoms with Gasteiger partial charge in [0, 0.05) is 13.1 Å². The van der Waals surface area contributed by atoms with E-state index >= 15 is 0 Å². The summed E-state index contributed by atoms with van der Waals surface area (Å²) in [7, 11) is 0. The largest absolute Gasteiger partial charge is 0.481 e. The van der Waals surface area contributed by atoms with E-state index in [1.807, 2.05) is 11.0 Å². The molecule has 2 aromatic carbocycles. The third-order valence-electron chi connectivity index (χ3n) is 4.36. The first kappa shape index (κ1) is 20.0. The number of amides is 1. The first-order valence-electron chi connectivity index (χ1n) is 8.91. The topological polar surface area (TPSA) is 50.8 Å². The van der Waals surface area contributed by atoms with Crippen molar-refractivity contribution in [3.8, 4) is 5.75 Å². The number of alkyl halides is 3. The molecule has 0 saturated carbocycles. The van der Waals surface area contributed by atoms with Crippen molar-refractivity contribution in [2.24, 2.45) is 0 Å². The Labute approximate surface area is 161 Å². The number of carbonyl (C=O) groups is 1. The van der Waals surface area contributed by atoms with Crippen LogP contribution in [0.4, 0.5) is 24.5 Å². The minimum Gasteiger partial charge on any atom is -0.481 e. The van der Waals surface area contributed by atoms with Crippen molar-refractivity contribution in [2.75, 3.05) is 36.5 Å². The lowest BCUT2D eigenvalue weighted by molar-refractivity contribution is -0.137. The molecule has 0 spiro atoms. The number of para-hydroxylation sites is 1. The molecule has 1 fully saturated rings. The molecule has 8 heteroatoms. The smallest absolute Gasteiger partial charge is 0.416 e. The number of rotatable bonds is 5. The summed E-state index contributed by atoms with van der Waals surface area (Å²) in [6.07, 6.45) is -5.38. The van der Waals surface area contributed by atoms with Crippen molar-refractivity contribution < 1.29 is 27.4 Å². The number of benzene rings is 2. The summed E-state index contributed by atoms with van der Waals surface area (Å²) in [5.74, 6) is -0.0275. The number of nitrogens with zero attached hydrogens (tertiary/aromatic N) is 1. The van der Waals surface area contributed by atoms with E-state index in [0.29, 0.717) is 37.7 Å². The molecule has 1 aliphatic rings. The average molecular weight is 394 g/mol. The van der Waals surface area contributed by atoms with Gasteiger partial charge in [-0.1, -0.05) is 18.2 Å². The molecule has 0 radical (unpaired) electrons. The van der Waals surface area contributed by atoms with E-state index in [4.69, 9.17) is 9.47 Å². The van der Waals surface area contributed by atoms with Crippen molar-refractivity contribution in [1.82, 2.24) is 0 Å². The molecule has 150 valence electrons. The Bertz CT molecular complexity index is 806. The van der Waals surface area contributed by atoms with Crippen LogP contribution in [0.25, 0.3) is 0 Å². The quantitative estimate of drug-likeness (QED) is 0.835. The SMILES string of the molecule is CC(Oc1ccccc1)C(=O)Nc1cc(C(F)(F)F)ccc1N1CCOCC1. The molecule has 0 aromatic heterocycles.